The van der Waals surface area contributed by atoms with Gasteiger partial charge in [0, 0.05) is 6.07 Å². The molecule has 116 valence electrons. The van der Waals surface area contributed by atoms with Crippen molar-refractivity contribution in [2.24, 2.45) is 0 Å². The van der Waals surface area contributed by atoms with Crippen molar-refractivity contribution in [2.45, 2.75) is 31.7 Å². The molecule has 0 spiro atoms. The second-order valence-corrected chi connectivity index (χ2v) is 5.50. The van der Waals surface area contributed by atoms with Crippen LogP contribution in [0.5, 0.6) is 11.5 Å². The molecule has 5 heteroatoms. The second kappa shape index (κ2) is 7.31. The minimum atomic E-state index is -0.436. The van der Waals surface area contributed by atoms with Crippen LogP contribution in [0.1, 0.15) is 26.2 Å². The van der Waals surface area contributed by atoms with Gasteiger partial charge in [0.2, 0.25) is 5.91 Å². The van der Waals surface area contributed by atoms with E-state index in [0.717, 1.165) is 37.3 Å². The molecule has 1 aliphatic heterocycles. The summed E-state index contributed by atoms with van der Waals surface area (Å²) in [5.41, 5.74) is -0.436. The van der Waals surface area contributed by atoms with Gasteiger partial charge >= 0.3 is 0 Å². The Morgan fingerprint density at radius 1 is 1.38 bits per heavy atom. The van der Waals surface area contributed by atoms with Gasteiger partial charge in [-0.05, 0) is 44.9 Å². The molecule has 1 heterocycles. The molecule has 1 aromatic carbocycles. The Bertz CT molecular complexity index is 470. The first-order valence-corrected chi connectivity index (χ1v) is 7.44. The van der Waals surface area contributed by atoms with Crippen molar-refractivity contribution in [3.63, 3.8) is 0 Å². The Labute approximate surface area is 126 Å². The van der Waals surface area contributed by atoms with Crippen LogP contribution < -0.4 is 20.1 Å². The van der Waals surface area contributed by atoms with Crippen LogP contribution in [0.25, 0.3) is 0 Å². The molecule has 1 unspecified atom stereocenters. The third kappa shape index (κ3) is 4.36. The van der Waals surface area contributed by atoms with Crippen molar-refractivity contribution in [1.29, 1.82) is 0 Å². The number of carbonyl (C=O) groups is 1. The van der Waals surface area contributed by atoms with E-state index in [-0.39, 0.29) is 5.91 Å². The molecule has 5 nitrogen and oxygen atoms in total. The van der Waals surface area contributed by atoms with Crippen molar-refractivity contribution in [1.82, 2.24) is 10.6 Å². The van der Waals surface area contributed by atoms with Crippen LogP contribution in [0.4, 0.5) is 0 Å². The first kappa shape index (κ1) is 15.6. The van der Waals surface area contributed by atoms with Gasteiger partial charge in [0.1, 0.15) is 18.1 Å². The van der Waals surface area contributed by atoms with E-state index in [0.29, 0.717) is 13.2 Å². The minimum Gasteiger partial charge on any atom is -0.497 e. The number of hydrogen-bond acceptors (Lipinski definition) is 4. The standard InChI is InChI=1S/C16H24N2O3/c1-16(8-3-4-9-18-16)15(19)17-10-11-21-14-7-5-6-13(12-14)20-2/h5-7,12,18H,3-4,8-11H2,1-2H3,(H,17,19). The topological polar surface area (TPSA) is 59.6 Å². The molecule has 2 rings (SSSR count). The van der Waals surface area contributed by atoms with Gasteiger partial charge in [-0.25, -0.2) is 0 Å². The number of piperidine rings is 1. The minimum absolute atomic E-state index is 0.0523. The number of amides is 1. The Morgan fingerprint density at radius 2 is 2.19 bits per heavy atom. The molecule has 1 amide bonds. The average molecular weight is 292 g/mol. The molecule has 0 saturated carbocycles. The van der Waals surface area contributed by atoms with Gasteiger partial charge in [-0.3, -0.25) is 4.79 Å². The first-order chi connectivity index (χ1) is 10.1. The Morgan fingerprint density at radius 3 is 2.90 bits per heavy atom. The first-order valence-electron chi connectivity index (χ1n) is 7.44. The third-order valence-corrected chi connectivity index (χ3v) is 3.82. The van der Waals surface area contributed by atoms with E-state index < -0.39 is 5.54 Å². The molecule has 1 aliphatic rings. The van der Waals surface area contributed by atoms with E-state index >= 15 is 0 Å². The van der Waals surface area contributed by atoms with Gasteiger partial charge in [0.05, 0.1) is 19.2 Å². The molecular weight excluding hydrogens is 268 g/mol. The molecule has 0 radical (unpaired) electrons. The van der Waals surface area contributed by atoms with Crippen molar-refractivity contribution in [2.75, 3.05) is 26.8 Å². The fraction of sp³-hybridized carbons (Fsp3) is 0.562. The summed E-state index contributed by atoms with van der Waals surface area (Å²) in [4.78, 5) is 12.2. The number of rotatable bonds is 6. The zero-order valence-electron chi connectivity index (χ0n) is 12.8. The van der Waals surface area contributed by atoms with Crippen LogP contribution in [-0.4, -0.2) is 38.3 Å². The predicted octanol–water partition coefficient (Wildman–Crippen LogP) is 1.72. The van der Waals surface area contributed by atoms with Crippen molar-refractivity contribution in [3.05, 3.63) is 24.3 Å². The van der Waals surface area contributed by atoms with Gasteiger partial charge < -0.3 is 20.1 Å². The highest BCUT2D eigenvalue weighted by Gasteiger charge is 2.33. The maximum atomic E-state index is 12.2. The maximum Gasteiger partial charge on any atom is 0.240 e. The van der Waals surface area contributed by atoms with Gasteiger partial charge in [0.25, 0.3) is 0 Å². The monoisotopic (exact) mass is 292 g/mol. The van der Waals surface area contributed by atoms with Crippen LogP contribution in [0.15, 0.2) is 24.3 Å². The molecular formula is C16H24N2O3. The highest BCUT2D eigenvalue weighted by atomic mass is 16.5. The van der Waals surface area contributed by atoms with E-state index in [4.69, 9.17) is 9.47 Å². The second-order valence-electron chi connectivity index (χ2n) is 5.50. The number of benzene rings is 1. The van der Waals surface area contributed by atoms with E-state index in [9.17, 15) is 4.79 Å². The summed E-state index contributed by atoms with van der Waals surface area (Å²) in [6, 6.07) is 7.43. The summed E-state index contributed by atoms with van der Waals surface area (Å²) in [7, 11) is 1.62. The summed E-state index contributed by atoms with van der Waals surface area (Å²) < 4.78 is 10.7. The summed E-state index contributed by atoms with van der Waals surface area (Å²) in [6.07, 6.45) is 3.12. The smallest absolute Gasteiger partial charge is 0.240 e. The van der Waals surface area contributed by atoms with Gasteiger partial charge in [0.15, 0.2) is 0 Å². The molecule has 0 aliphatic carbocycles. The summed E-state index contributed by atoms with van der Waals surface area (Å²) in [5, 5.41) is 6.23. The predicted molar refractivity (Wildman–Crippen MR) is 81.8 cm³/mol. The zero-order chi connectivity index (χ0) is 15.1. The normalized spacial score (nSPS) is 21.6. The Balaban J connectivity index is 1.72. The summed E-state index contributed by atoms with van der Waals surface area (Å²) in [5.74, 6) is 1.55. The van der Waals surface area contributed by atoms with Crippen molar-refractivity contribution < 1.29 is 14.3 Å². The molecule has 1 saturated heterocycles. The molecule has 2 N–H and O–H groups in total. The summed E-state index contributed by atoms with van der Waals surface area (Å²) >= 11 is 0. The fourth-order valence-electron chi connectivity index (χ4n) is 2.47. The Kier molecular flexibility index (Phi) is 5.44. The quantitative estimate of drug-likeness (QED) is 0.784. The van der Waals surface area contributed by atoms with Gasteiger partial charge in [-0.15, -0.1) is 0 Å². The zero-order valence-corrected chi connectivity index (χ0v) is 12.8. The van der Waals surface area contributed by atoms with Crippen LogP contribution in [-0.2, 0) is 4.79 Å². The van der Waals surface area contributed by atoms with E-state index in [1.165, 1.54) is 0 Å². The highest BCUT2D eigenvalue weighted by molar-refractivity contribution is 5.85. The van der Waals surface area contributed by atoms with Gasteiger partial charge in [-0.1, -0.05) is 6.07 Å². The third-order valence-electron chi connectivity index (χ3n) is 3.82. The number of carbonyl (C=O) groups excluding carboxylic acids is 1. The van der Waals surface area contributed by atoms with E-state index in [2.05, 4.69) is 10.6 Å². The lowest BCUT2D eigenvalue weighted by Gasteiger charge is -2.33. The molecule has 21 heavy (non-hydrogen) atoms. The number of ether oxygens (including phenoxy) is 2. The van der Waals surface area contributed by atoms with Crippen molar-refractivity contribution in [3.8, 4) is 11.5 Å². The van der Waals surface area contributed by atoms with Crippen molar-refractivity contribution >= 4 is 5.91 Å². The Hall–Kier alpha value is -1.75. The highest BCUT2D eigenvalue weighted by Crippen LogP contribution is 2.19. The molecule has 0 bridgehead atoms. The van der Waals surface area contributed by atoms with Crippen LogP contribution in [0.3, 0.4) is 0 Å². The lowest BCUT2D eigenvalue weighted by molar-refractivity contribution is -0.128. The maximum absolute atomic E-state index is 12.2. The van der Waals surface area contributed by atoms with Gasteiger partial charge in [-0.2, -0.15) is 0 Å². The van der Waals surface area contributed by atoms with E-state index in [1.807, 2.05) is 31.2 Å². The lowest BCUT2D eigenvalue weighted by atomic mass is 9.90. The van der Waals surface area contributed by atoms with Crippen LogP contribution >= 0.6 is 0 Å². The molecule has 0 aromatic heterocycles. The fourth-order valence-corrected chi connectivity index (χ4v) is 2.47. The summed E-state index contributed by atoms with van der Waals surface area (Å²) in [6.45, 7) is 3.80. The molecule has 1 atom stereocenters. The largest absolute Gasteiger partial charge is 0.497 e. The number of methoxy groups -OCH3 is 1. The van der Waals surface area contributed by atoms with E-state index in [1.54, 1.807) is 7.11 Å². The molecule has 1 aromatic rings. The lowest BCUT2D eigenvalue weighted by Crippen LogP contribution is -2.57. The SMILES string of the molecule is COc1cccc(OCCNC(=O)C2(C)CCCCN2)c1. The van der Waals surface area contributed by atoms with Crippen LogP contribution in [0, 0.1) is 0 Å². The average Bonchev–Trinajstić information content (AvgIpc) is 2.52. The molecule has 1 fully saturated rings. The number of nitrogens with one attached hydrogen (secondary N) is 2. The van der Waals surface area contributed by atoms with Crippen LogP contribution in [0.2, 0.25) is 0 Å². The number of hydrogen-bond donors (Lipinski definition) is 2.